The zero-order valence-corrected chi connectivity index (χ0v) is 36.2. The van der Waals surface area contributed by atoms with E-state index in [0.29, 0.717) is 51.4 Å². The second-order valence-electron chi connectivity index (χ2n) is 16.6. The first-order chi connectivity index (χ1) is 31.7. The summed E-state index contributed by atoms with van der Waals surface area (Å²) < 4.78 is 15.2. The van der Waals surface area contributed by atoms with E-state index in [9.17, 15) is 19.2 Å². The van der Waals surface area contributed by atoms with Crippen LogP contribution in [0.2, 0.25) is 0 Å². The van der Waals surface area contributed by atoms with Gasteiger partial charge in [0.15, 0.2) is 6.04 Å². The number of carbonyl (C=O) groups excluding carboxylic acids is 4. The molecule has 6 aromatic rings. The van der Waals surface area contributed by atoms with Crippen LogP contribution in [0, 0.1) is 5.92 Å². The minimum absolute atomic E-state index is 0.0361. The van der Waals surface area contributed by atoms with Crippen molar-refractivity contribution >= 4 is 34.8 Å². The number of carbonyl (C=O) groups is 4. The molecular formula is C48H50N10O7. The third-order valence-corrected chi connectivity index (χ3v) is 12.6. The molecule has 3 aliphatic heterocycles. The van der Waals surface area contributed by atoms with Crippen molar-refractivity contribution in [2.24, 2.45) is 5.92 Å². The summed E-state index contributed by atoms with van der Waals surface area (Å²) in [6.45, 7) is 6.14. The summed E-state index contributed by atoms with van der Waals surface area (Å²) >= 11 is 0. The van der Waals surface area contributed by atoms with Gasteiger partial charge in [0.2, 0.25) is 5.91 Å². The first-order valence-electron chi connectivity index (χ1n) is 21.7. The summed E-state index contributed by atoms with van der Waals surface area (Å²) in [6.07, 6.45) is 10.1. The van der Waals surface area contributed by atoms with Gasteiger partial charge in [0.1, 0.15) is 17.7 Å². The molecule has 6 heterocycles. The van der Waals surface area contributed by atoms with E-state index in [1.165, 1.54) is 32.8 Å². The number of rotatable bonds is 11. The third-order valence-electron chi connectivity index (χ3n) is 12.6. The van der Waals surface area contributed by atoms with E-state index in [0.717, 1.165) is 68.7 Å². The Kier molecular flexibility index (Phi) is 12.4. The number of likely N-dealkylation sites (tertiary alicyclic amines) is 2. The molecule has 17 nitrogen and oxygen atoms in total. The highest BCUT2D eigenvalue weighted by molar-refractivity contribution is 5.91. The smallest absolute Gasteiger partial charge is 0.407 e. The van der Waals surface area contributed by atoms with Gasteiger partial charge in [-0.1, -0.05) is 60.7 Å². The van der Waals surface area contributed by atoms with Crippen LogP contribution in [0.4, 0.5) is 9.59 Å². The molecule has 3 aromatic carbocycles. The van der Waals surface area contributed by atoms with Gasteiger partial charge in [0.25, 0.3) is 5.91 Å². The van der Waals surface area contributed by atoms with Gasteiger partial charge in [-0.2, -0.15) is 0 Å². The lowest BCUT2D eigenvalue weighted by Gasteiger charge is -2.34. The average Bonchev–Trinajstić information content (AvgIpc) is 4.20. The van der Waals surface area contributed by atoms with Gasteiger partial charge in [-0.25, -0.2) is 19.6 Å². The molecule has 3 aliphatic rings. The van der Waals surface area contributed by atoms with Gasteiger partial charge < -0.3 is 44.6 Å². The van der Waals surface area contributed by atoms with Gasteiger partial charge in [0.05, 0.1) is 62.0 Å². The van der Waals surface area contributed by atoms with Crippen molar-refractivity contribution in [3.05, 3.63) is 121 Å². The van der Waals surface area contributed by atoms with Crippen LogP contribution in [0.5, 0.6) is 0 Å². The van der Waals surface area contributed by atoms with Gasteiger partial charge in [-0.15, -0.1) is 0 Å². The monoisotopic (exact) mass is 878 g/mol. The fraction of sp³-hybridized carbons (Fsp3) is 0.333. The van der Waals surface area contributed by atoms with E-state index in [2.05, 4.69) is 90.7 Å². The number of aromatic nitrogens is 6. The molecule has 0 bridgehead atoms. The Morgan fingerprint density at radius 3 is 2.05 bits per heavy atom. The highest BCUT2D eigenvalue weighted by Crippen LogP contribution is 2.37. The molecule has 4 atom stereocenters. The second kappa shape index (κ2) is 18.8. The van der Waals surface area contributed by atoms with Gasteiger partial charge in [0, 0.05) is 44.3 Å². The molecule has 0 radical (unpaired) electrons. The van der Waals surface area contributed by atoms with Gasteiger partial charge in [-0.3, -0.25) is 19.6 Å². The van der Waals surface area contributed by atoms with Crippen molar-refractivity contribution in [1.29, 1.82) is 0 Å². The lowest BCUT2D eigenvalue weighted by atomic mass is 9.90. The summed E-state index contributed by atoms with van der Waals surface area (Å²) in [5.41, 5.74) is 6.82. The van der Waals surface area contributed by atoms with E-state index in [4.69, 9.17) is 19.2 Å². The zero-order valence-electron chi connectivity index (χ0n) is 36.2. The number of amides is 4. The number of hydrogen-bond acceptors (Lipinski definition) is 11. The van der Waals surface area contributed by atoms with Crippen LogP contribution in [0.15, 0.2) is 104 Å². The number of alkyl carbamates (subject to hydrolysis) is 2. The van der Waals surface area contributed by atoms with Crippen molar-refractivity contribution in [2.75, 3.05) is 40.5 Å². The number of benzene rings is 3. The molecule has 0 aliphatic carbocycles. The summed E-state index contributed by atoms with van der Waals surface area (Å²) in [4.78, 5) is 80.7. The lowest BCUT2D eigenvalue weighted by Crippen LogP contribution is -2.53. The molecule has 3 aromatic heterocycles. The van der Waals surface area contributed by atoms with E-state index >= 15 is 0 Å². The van der Waals surface area contributed by atoms with Crippen molar-refractivity contribution in [3.8, 4) is 33.6 Å². The number of imidazole rings is 2. The van der Waals surface area contributed by atoms with Crippen LogP contribution >= 0.6 is 0 Å². The van der Waals surface area contributed by atoms with Crippen molar-refractivity contribution < 1.29 is 33.4 Å². The quantitative estimate of drug-likeness (QED) is 0.0993. The maximum absolute atomic E-state index is 14.0. The number of aromatic amines is 2. The normalized spacial score (nSPS) is 18.6. The highest BCUT2D eigenvalue weighted by Gasteiger charge is 2.41. The summed E-state index contributed by atoms with van der Waals surface area (Å²) in [7, 11) is 2.54. The SMILES string of the molecule is C=C1CC(c2ncc(-c3ccc(-c4ccc5cc(-c6cnc(C7CCCN7C(=O)C(NC(=O)OC)C7CCOCC7)[nH]6)ccc5c4)cc3)[nH]2)N(C(=O)C(NC(=O)OC)c2cnccn2)C1. The number of ether oxygens (including phenoxy) is 3. The Balaban J connectivity index is 0.876. The van der Waals surface area contributed by atoms with Crippen molar-refractivity contribution in [3.63, 3.8) is 0 Å². The molecule has 0 spiro atoms. The maximum atomic E-state index is 14.0. The minimum atomic E-state index is -1.11. The first kappa shape index (κ1) is 42.9. The Bertz CT molecular complexity index is 2710. The molecule has 17 heteroatoms. The number of nitrogens with one attached hydrogen (secondary N) is 4. The van der Waals surface area contributed by atoms with Crippen LogP contribution in [-0.2, 0) is 23.8 Å². The number of fused-ring (bicyclic) bond motifs is 1. The predicted octanol–water partition coefficient (Wildman–Crippen LogP) is 6.82. The Morgan fingerprint density at radius 2 is 1.35 bits per heavy atom. The van der Waals surface area contributed by atoms with Crippen LogP contribution in [-0.4, -0.2) is 110 Å². The molecule has 0 saturated carbocycles. The fourth-order valence-corrected chi connectivity index (χ4v) is 9.19. The van der Waals surface area contributed by atoms with E-state index in [1.807, 2.05) is 23.2 Å². The van der Waals surface area contributed by atoms with E-state index in [-0.39, 0.29) is 29.5 Å². The Labute approximate surface area is 375 Å². The van der Waals surface area contributed by atoms with E-state index in [1.54, 1.807) is 11.1 Å². The lowest BCUT2D eigenvalue weighted by molar-refractivity contribution is -0.137. The average molecular weight is 879 g/mol. The summed E-state index contributed by atoms with van der Waals surface area (Å²) in [5.74, 6) is 0.791. The number of nitrogens with zero attached hydrogens (tertiary/aromatic N) is 6. The number of methoxy groups -OCH3 is 2. The van der Waals surface area contributed by atoms with Crippen LogP contribution < -0.4 is 10.6 Å². The summed E-state index contributed by atoms with van der Waals surface area (Å²) in [6, 6.07) is 18.5. The van der Waals surface area contributed by atoms with Crippen LogP contribution in [0.3, 0.4) is 0 Å². The largest absolute Gasteiger partial charge is 0.453 e. The summed E-state index contributed by atoms with van der Waals surface area (Å²) in [5, 5.41) is 7.57. The zero-order chi connectivity index (χ0) is 45.0. The topological polar surface area (TPSA) is 210 Å². The standard InChI is InChI=1S/C48H50N10O7/c1-28-21-40(58(27-28)46(60)42(56-48(62)64-3)38-24-49-16-17-50-38)44-52-25-36(53-44)30-8-6-29(7-9-30)32-10-11-34-23-35(13-12-33(34)22-32)37-26-51-43(54-37)39-5-4-18-57(39)45(59)41(55-47(61)63-2)31-14-19-65-20-15-31/h6-13,16-17,22-26,31,39-42H,1,4-5,14-15,18-21,27H2,2-3H3,(H,51,54)(H,52,53)(H,55,61)(H,56,62). The van der Waals surface area contributed by atoms with Crippen molar-refractivity contribution in [1.82, 2.24) is 50.3 Å². The molecule has 65 heavy (non-hydrogen) atoms. The predicted molar refractivity (Wildman–Crippen MR) is 240 cm³/mol. The number of H-pyrrole nitrogens is 2. The maximum Gasteiger partial charge on any atom is 0.407 e. The Hall–Kier alpha value is -7.40. The highest BCUT2D eigenvalue weighted by atomic mass is 16.5. The van der Waals surface area contributed by atoms with E-state index < -0.39 is 30.3 Å². The molecule has 4 N–H and O–H groups in total. The van der Waals surface area contributed by atoms with Crippen molar-refractivity contribution in [2.45, 2.75) is 56.3 Å². The third kappa shape index (κ3) is 9.04. The molecule has 3 fully saturated rings. The molecule has 334 valence electrons. The minimum Gasteiger partial charge on any atom is -0.453 e. The molecule has 4 amide bonds. The van der Waals surface area contributed by atoms with Crippen LogP contribution in [0.1, 0.15) is 67.6 Å². The second-order valence-corrected chi connectivity index (χ2v) is 16.6. The van der Waals surface area contributed by atoms with Gasteiger partial charge >= 0.3 is 12.2 Å². The van der Waals surface area contributed by atoms with Gasteiger partial charge in [-0.05, 0) is 77.6 Å². The number of hydrogen-bond donors (Lipinski definition) is 4. The molecule has 9 rings (SSSR count). The van der Waals surface area contributed by atoms with Crippen LogP contribution in [0.25, 0.3) is 44.4 Å². The first-order valence-corrected chi connectivity index (χ1v) is 21.7. The molecule has 4 unspecified atom stereocenters. The fourth-order valence-electron chi connectivity index (χ4n) is 9.19. The molecule has 3 saturated heterocycles. The molecular weight excluding hydrogens is 829 g/mol. The Morgan fingerprint density at radius 1 is 0.723 bits per heavy atom.